The Morgan fingerprint density at radius 1 is 1.29 bits per heavy atom. The second-order valence-corrected chi connectivity index (χ2v) is 8.13. The number of hydrogen-bond donors (Lipinski definition) is 0. The van der Waals surface area contributed by atoms with Gasteiger partial charge in [0, 0.05) is 19.6 Å². The van der Waals surface area contributed by atoms with Gasteiger partial charge in [-0.05, 0) is 34.6 Å². The third kappa shape index (κ3) is 3.66. The molecule has 24 heavy (non-hydrogen) atoms. The van der Waals surface area contributed by atoms with E-state index in [0.29, 0.717) is 26.2 Å². The summed E-state index contributed by atoms with van der Waals surface area (Å²) in [5.41, 5.74) is 1.52. The zero-order valence-electron chi connectivity index (χ0n) is 15.3. The zero-order valence-corrected chi connectivity index (χ0v) is 15.3. The minimum absolute atomic E-state index is 0.174. The molecule has 2 aliphatic rings. The predicted octanol–water partition coefficient (Wildman–Crippen LogP) is 2.25. The summed E-state index contributed by atoms with van der Waals surface area (Å²) in [5, 5.41) is 4.50. The fourth-order valence-corrected chi connectivity index (χ4v) is 3.20. The van der Waals surface area contributed by atoms with Gasteiger partial charge in [0.1, 0.15) is 5.60 Å². The fourth-order valence-electron chi connectivity index (χ4n) is 3.20. The number of morpholine rings is 1. The molecule has 0 saturated carbocycles. The second kappa shape index (κ2) is 5.95. The second-order valence-electron chi connectivity index (χ2n) is 8.13. The maximum Gasteiger partial charge on any atom is 0.410 e. The Hall–Kier alpha value is -1.76. The summed E-state index contributed by atoms with van der Waals surface area (Å²) in [7, 11) is 0. The first-order valence-corrected chi connectivity index (χ1v) is 8.56. The first kappa shape index (κ1) is 17.1. The van der Waals surface area contributed by atoms with E-state index in [-0.39, 0.29) is 11.7 Å². The molecule has 2 aliphatic heterocycles. The Bertz CT molecular complexity index is 618. The third-order valence-corrected chi connectivity index (χ3v) is 4.27. The van der Waals surface area contributed by atoms with Gasteiger partial charge >= 0.3 is 6.09 Å². The van der Waals surface area contributed by atoms with Crippen molar-refractivity contribution in [3.05, 3.63) is 11.9 Å². The molecule has 1 aromatic heterocycles. The van der Waals surface area contributed by atoms with Crippen LogP contribution in [0.5, 0.6) is 0 Å². The van der Waals surface area contributed by atoms with Crippen LogP contribution in [0.4, 0.5) is 10.5 Å². The minimum atomic E-state index is -0.480. The van der Waals surface area contributed by atoms with Gasteiger partial charge < -0.3 is 19.3 Å². The largest absolute Gasteiger partial charge is 0.444 e. The Morgan fingerprint density at radius 2 is 2.04 bits per heavy atom. The quantitative estimate of drug-likeness (QED) is 0.787. The summed E-state index contributed by atoms with van der Waals surface area (Å²) >= 11 is 0. The summed E-state index contributed by atoms with van der Waals surface area (Å²) in [6.07, 6.45) is 1.65. The van der Waals surface area contributed by atoms with E-state index >= 15 is 0 Å². The Kier molecular flexibility index (Phi) is 4.23. The average molecular weight is 336 g/mol. The molecule has 0 radical (unpaired) electrons. The zero-order chi connectivity index (χ0) is 17.5. The maximum atomic E-state index is 12.4. The molecule has 3 heterocycles. The van der Waals surface area contributed by atoms with Crippen LogP contribution >= 0.6 is 0 Å². The number of hydrogen-bond acceptors (Lipinski definition) is 5. The van der Waals surface area contributed by atoms with Gasteiger partial charge in [0.2, 0.25) is 0 Å². The molecule has 0 N–H and O–H groups in total. The van der Waals surface area contributed by atoms with Crippen molar-refractivity contribution in [3.8, 4) is 0 Å². The molecule has 7 heteroatoms. The van der Waals surface area contributed by atoms with Crippen LogP contribution in [0, 0.1) is 0 Å². The molecule has 3 rings (SSSR count). The van der Waals surface area contributed by atoms with Crippen LogP contribution in [0.3, 0.4) is 0 Å². The molecule has 0 atom stereocenters. The number of fused-ring (bicyclic) bond motifs is 1. The lowest BCUT2D eigenvalue weighted by Crippen LogP contribution is -2.49. The van der Waals surface area contributed by atoms with Gasteiger partial charge in [0.15, 0.2) is 0 Å². The minimum Gasteiger partial charge on any atom is -0.444 e. The van der Waals surface area contributed by atoms with Crippen LogP contribution in [0.25, 0.3) is 0 Å². The van der Waals surface area contributed by atoms with E-state index < -0.39 is 5.60 Å². The first-order chi connectivity index (χ1) is 11.1. The average Bonchev–Trinajstić information content (AvgIpc) is 2.87. The van der Waals surface area contributed by atoms with Crippen molar-refractivity contribution in [2.24, 2.45) is 0 Å². The van der Waals surface area contributed by atoms with Gasteiger partial charge in [-0.2, -0.15) is 5.10 Å². The van der Waals surface area contributed by atoms with Crippen molar-refractivity contribution in [2.45, 2.75) is 58.9 Å². The lowest BCUT2D eigenvalue weighted by Gasteiger charge is -2.40. The number of carbonyl (C=O) groups is 1. The van der Waals surface area contributed by atoms with E-state index in [2.05, 4.69) is 23.8 Å². The van der Waals surface area contributed by atoms with E-state index in [0.717, 1.165) is 24.5 Å². The van der Waals surface area contributed by atoms with Crippen LogP contribution in [-0.4, -0.2) is 58.2 Å². The van der Waals surface area contributed by atoms with Gasteiger partial charge in [0.25, 0.3) is 0 Å². The molecular formula is C17H28N4O3. The van der Waals surface area contributed by atoms with Crippen molar-refractivity contribution >= 4 is 11.8 Å². The highest BCUT2D eigenvalue weighted by Gasteiger charge is 2.32. The van der Waals surface area contributed by atoms with Gasteiger partial charge in [-0.3, -0.25) is 4.68 Å². The topological polar surface area (TPSA) is 59.8 Å². The summed E-state index contributed by atoms with van der Waals surface area (Å²) in [4.78, 5) is 16.4. The van der Waals surface area contributed by atoms with Crippen LogP contribution in [0.2, 0.25) is 0 Å². The van der Waals surface area contributed by atoms with E-state index in [1.165, 1.54) is 0 Å². The number of rotatable bonds is 1. The van der Waals surface area contributed by atoms with Gasteiger partial charge in [-0.15, -0.1) is 0 Å². The summed E-state index contributed by atoms with van der Waals surface area (Å²) in [5.74, 6) is 0. The number of nitrogens with zero attached hydrogens (tertiary/aromatic N) is 4. The molecule has 1 aromatic rings. The normalized spacial score (nSPS) is 20.7. The molecule has 0 spiro atoms. The molecule has 1 fully saturated rings. The summed E-state index contributed by atoms with van der Waals surface area (Å²) < 4.78 is 13.3. The first-order valence-electron chi connectivity index (χ1n) is 8.56. The summed E-state index contributed by atoms with van der Waals surface area (Å²) in [6, 6.07) is 0. The third-order valence-electron chi connectivity index (χ3n) is 4.27. The smallest absolute Gasteiger partial charge is 0.410 e. The van der Waals surface area contributed by atoms with Crippen LogP contribution < -0.4 is 4.90 Å². The van der Waals surface area contributed by atoms with E-state index in [1.807, 2.05) is 31.6 Å². The van der Waals surface area contributed by atoms with Gasteiger partial charge in [-0.1, -0.05) is 0 Å². The van der Waals surface area contributed by atoms with Gasteiger partial charge in [-0.25, -0.2) is 4.79 Å². The van der Waals surface area contributed by atoms with Crippen LogP contribution in [-0.2, 0) is 22.6 Å². The lowest BCUT2D eigenvalue weighted by molar-refractivity contribution is -0.0278. The Balaban J connectivity index is 1.76. The Labute approximate surface area is 143 Å². The number of aromatic nitrogens is 2. The molecule has 0 aliphatic carbocycles. The molecule has 134 valence electrons. The number of amides is 1. The molecule has 0 aromatic carbocycles. The van der Waals surface area contributed by atoms with Crippen molar-refractivity contribution < 1.29 is 14.3 Å². The molecular weight excluding hydrogens is 308 g/mol. The van der Waals surface area contributed by atoms with E-state index in [9.17, 15) is 4.79 Å². The molecule has 0 unspecified atom stereocenters. The van der Waals surface area contributed by atoms with Crippen molar-refractivity contribution in [2.75, 3.05) is 31.1 Å². The SMILES string of the molecule is CC(C)(C)OC(=O)N1CCn2ncc(N3CCOC(C)(C)C3)c2C1. The van der Waals surface area contributed by atoms with E-state index in [1.54, 1.807) is 4.90 Å². The maximum absolute atomic E-state index is 12.4. The fraction of sp³-hybridized carbons (Fsp3) is 0.765. The number of ether oxygens (including phenoxy) is 2. The molecule has 1 saturated heterocycles. The molecule has 7 nitrogen and oxygen atoms in total. The summed E-state index contributed by atoms with van der Waals surface area (Å²) in [6.45, 7) is 14.1. The monoisotopic (exact) mass is 336 g/mol. The highest BCUT2D eigenvalue weighted by Crippen LogP contribution is 2.29. The highest BCUT2D eigenvalue weighted by atomic mass is 16.6. The highest BCUT2D eigenvalue weighted by molar-refractivity contribution is 5.69. The molecule has 0 bridgehead atoms. The van der Waals surface area contributed by atoms with E-state index in [4.69, 9.17) is 9.47 Å². The lowest BCUT2D eigenvalue weighted by atomic mass is 10.1. The molecule has 1 amide bonds. The Morgan fingerprint density at radius 3 is 2.71 bits per heavy atom. The van der Waals surface area contributed by atoms with Crippen molar-refractivity contribution in [1.29, 1.82) is 0 Å². The van der Waals surface area contributed by atoms with Crippen molar-refractivity contribution in [1.82, 2.24) is 14.7 Å². The predicted molar refractivity (Wildman–Crippen MR) is 91.1 cm³/mol. The van der Waals surface area contributed by atoms with Crippen molar-refractivity contribution in [3.63, 3.8) is 0 Å². The number of anilines is 1. The van der Waals surface area contributed by atoms with Crippen LogP contribution in [0.15, 0.2) is 6.20 Å². The number of carbonyl (C=O) groups excluding carboxylic acids is 1. The van der Waals surface area contributed by atoms with Gasteiger partial charge in [0.05, 0.1) is 42.9 Å². The standard InChI is InChI=1S/C17H28N4O3/c1-16(2,3)24-15(22)19-6-7-21-14(11-19)13(10-18-21)20-8-9-23-17(4,5)12-20/h10H,6-9,11-12H2,1-5H3. The van der Waals surface area contributed by atoms with Crippen LogP contribution in [0.1, 0.15) is 40.3 Å².